The van der Waals surface area contributed by atoms with Crippen molar-refractivity contribution in [3.05, 3.63) is 29.6 Å². The van der Waals surface area contributed by atoms with E-state index in [9.17, 15) is 9.18 Å². The van der Waals surface area contributed by atoms with Crippen molar-refractivity contribution < 1.29 is 9.18 Å². The Morgan fingerprint density at radius 2 is 2.27 bits per heavy atom. The number of benzene rings is 1. The molecule has 0 aliphatic heterocycles. The number of nitrogens with one attached hydrogen (secondary N) is 1. The molecule has 0 aromatic heterocycles. The molecule has 0 fully saturated rings. The Morgan fingerprint density at radius 3 is 2.82 bits per heavy atom. The van der Waals surface area contributed by atoms with Crippen LogP contribution >= 0.6 is 0 Å². The van der Waals surface area contributed by atoms with Gasteiger partial charge in [0.15, 0.2) is 6.29 Å². The van der Waals surface area contributed by atoms with Gasteiger partial charge in [0.2, 0.25) is 0 Å². The van der Waals surface area contributed by atoms with Crippen LogP contribution in [0.15, 0.2) is 18.2 Å². The molecule has 0 bridgehead atoms. The number of aldehydes is 1. The summed E-state index contributed by atoms with van der Waals surface area (Å²) in [7, 11) is 0. The van der Waals surface area contributed by atoms with Gasteiger partial charge in [-0.3, -0.25) is 10.6 Å². The molecule has 0 aliphatic rings. The number of hydrogen-bond acceptors (Lipinski definition) is 3. The molecule has 0 aliphatic carbocycles. The third kappa shape index (κ3) is 1.53. The molecule has 0 heterocycles. The second-order valence-electron chi connectivity index (χ2n) is 1.99. The van der Waals surface area contributed by atoms with Crippen molar-refractivity contribution in [3.8, 4) is 0 Å². The first-order valence-corrected chi connectivity index (χ1v) is 2.99. The molecule has 1 rings (SSSR count). The molecule has 4 heteroatoms. The van der Waals surface area contributed by atoms with Gasteiger partial charge in [-0.05, 0) is 18.2 Å². The van der Waals surface area contributed by atoms with Crippen LogP contribution in [0.25, 0.3) is 0 Å². The van der Waals surface area contributed by atoms with Gasteiger partial charge in [0, 0.05) is 5.56 Å². The minimum atomic E-state index is -0.427. The van der Waals surface area contributed by atoms with E-state index in [0.29, 0.717) is 17.5 Å². The highest BCUT2D eigenvalue weighted by Crippen LogP contribution is 2.13. The summed E-state index contributed by atoms with van der Waals surface area (Å²) in [6.45, 7) is 0. The monoisotopic (exact) mass is 154 g/mol. The zero-order valence-corrected chi connectivity index (χ0v) is 5.67. The molecule has 11 heavy (non-hydrogen) atoms. The fraction of sp³-hybridized carbons (Fsp3) is 0. The lowest BCUT2D eigenvalue weighted by atomic mass is 10.2. The number of rotatable bonds is 2. The smallest absolute Gasteiger partial charge is 0.152 e. The van der Waals surface area contributed by atoms with Gasteiger partial charge < -0.3 is 5.43 Å². The molecule has 0 atom stereocenters. The Hall–Kier alpha value is -1.42. The van der Waals surface area contributed by atoms with Gasteiger partial charge in [-0.15, -0.1) is 0 Å². The first-order chi connectivity index (χ1) is 5.27. The maximum Gasteiger partial charge on any atom is 0.152 e. The van der Waals surface area contributed by atoms with Gasteiger partial charge >= 0.3 is 0 Å². The van der Waals surface area contributed by atoms with Crippen LogP contribution in [-0.2, 0) is 0 Å². The van der Waals surface area contributed by atoms with E-state index in [0.717, 1.165) is 6.07 Å². The Bertz CT molecular complexity index is 275. The Balaban J connectivity index is 3.16. The number of nitrogen functional groups attached to an aromatic ring is 1. The SMILES string of the molecule is NNc1cc(F)ccc1C=O. The summed E-state index contributed by atoms with van der Waals surface area (Å²) in [5, 5.41) is 0. The molecule has 0 saturated carbocycles. The summed E-state index contributed by atoms with van der Waals surface area (Å²) in [4.78, 5) is 10.3. The quantitative estimate of drug-likeness (QED) is 0.378. The van der Waals surface area contributed by atoms with Crippen molar-refractivity contribution in [1.29, 1.82) is 0 Å². The number of hydrazine groups is 1. The van der Waals surface area contributed by atoms with Gasteiger partial charge in [-0.2, -0.15) is 0 Å². The maximum absolute atomic E-state index is 12.5. The van der Waals surface area contributed by atoms with Crippen LogP contribution in [-0.4, -0.2) is 6.29 Å². The third-order valence-corrected chi connectivity index (χ3v) is 1.30. The minimum Gasteiger partial charge on any atom is -0.323 e. The zero-order valence-electron chi connectivity index (χ0n) is 5.67. The number of halogens is 1. The molecule has 0 amide bonds. The third-order valence-electron chi connectivity index (χ3n) is 1.30. The lowest BCUT2D eigenvalue weighted by Crippen LogP contribution is -2.09. The van der Waals surface area contributed by atoms with E-state index < -0.39 is 5.82 Å². The number of carbonyl (C=O) groups excluding carboxylic acids is 1. The summed E-state index contributed by atoms with van der Waals surface area (Å²) in [6, 6.07) is 3.71. The van der Waals surface area contributed by atoms with Crippen molar-refractivity contribution in [2.45, 2.75) is 0 Å². The van der Waals surface area contributed by atoms with Gasteiger partial charge in [0.1, 0.15) is 5.82 Å². The van der Waals surface area contributed by atoms with E-state index in [1.807, 2.05) is 0 Å². The van der Waals surface area contributed by atoms with Crippen LogP contribution in [0, 0.1) is 5.82 Å². The second-order valence-corrected chi connectivity index (χ2v) is 1.99. The summed E-state index contributed by atoms with van der Waals surface area (Å²) in [5.74, 6) is 4.59. The van der Waals surface area contributed by atoms with Crippen LogP contribution in [0.3, 0.4) is 0 Å². The zero-order chi connectivity index (χ0) is 8.27. The molecular weight excluding hydrogens is 147 g/mol. The molecule has 0 unspecified atom stereocenters. The Morgan fingerprint density at radius 1 is 1.55 bits per heavy atom. The molecule has 3 nitrogen and oxygen atoms in total. The van der Waals surface area contributed by atoms with Crippen LogP contribution in [0.5, 0.6) is 0 Å². The van der Waals surface area contributed by atoms with E-state index in [2.05, 4.69) is 5.43 Å². The number of anilines is 1. The summed E-state index contributed by atoms with van der Waals surface area (Å²) in [5.41, 5.74) is 2.85. The molecular formula is C7H7FN2O. The number of carbonyl (C=O) groups is 1. The van der Waals surface area contributed by atoms with Crippen LogP contribution < -0.4 is 11.3 Å². The number of nitrogens with two attached hydrogens (primary N) is 1. The molecule has 1 aromatic rings. The van der Waals surface area contributed by atoms with Gasteiger partial charge in [-0.25, -0.2) is 4.39 Å². The molecule has 1 aromatic carbocycles. The molecule has 0 saturated heterocycles. The summed E-state index contributed by atoms with van der Waals surface area (Å²) in [6.07, 6.45) is 0.606. The van der Waals surface area contributed by atoms with E-state index >= 15 is 0 Å². The molecule has 0 radical (unpaired) electrons. The summed E-state index contributed by atoms with van der Waals surface area (Å²) >= 11 is 0. The van der Waals surface area contributed by atoms with Crippen molar-refractivity contribution in [1.82, 2.24) is 0 Å². The topological polar surface area (TPSA) is 55.1 Å². The second kappa shape index (κ2) is 3.12. The summed E-state index contributed by atoms with van der Waals surface area (Å²) < 4.78 is 12.5. The normalized spacial score (nSPS) is 9.27. The Labute approximate surface area is 63.0 Å². The maximum atomic E-state index is 12.5. The first-order valence-electron chi connectivity index (χ1n) is 2.99. The average molecular weight is 154 g/mol. The van der Waals surface area contributed by atoms with E-state index in [1.165, 1.54) is 12.1 Å². The van der Waals surface area contributed by atoms with Crippen molar-refractivity contribution >= 4 is 12.0 Å². The predicted octanol–water partition coefficient (Wildman–Crippen LogP) is 0.924. The average Bonchev–Trinajstić information content (AvgIpc) is 2.04. The van der Waals surface area contributed by atoms with Crippen molar-refractivity contribution in [2.75, 3.05) is 5.43 Å². The minimum absolute atomic E-state index is 0.292. The van der Waals surface area contributed by atoms with Crippen molar-refractivity contribution in [2.24, 2.45) is 5.84 Å². The highest BCUT2D eigenvalue weighted by molar-refractivity contribution is 5.83. The Kier molecular flexibility index (Phi) is 2.18. The fourth-order valence-electron chi connectivity index (χ4n) is 0.756. The van der Waals surface area contributed by atoms with Crippen LogP contribution in [0.1, 0.15) is 10.4 Å². The van der Waals surface area contributed by atoms with Gasteiger partial charge in [0.25, 0.3) is 0 Å². The van der Waals surface area contributed by atoms with E-state index in [4.69, 9.17) is 5.84 Å². The van der Waals surface area contributed by atoms with E-state index in [-0.39, 0.29) is 0 Å². The van der Waals surface area contributed by atoms with Gasteiger partial charge in [-0.1, -0.05) is 0 Å². The van der Waals surface area contributed by atoms with Crippen molar-refractivity contribution in [3.63, 3.8) is 0 Å². The molecule has 58 valence electrons. The highest BCUT2D eigenvalue weighted by Gasteiger charge is 1.99. The number of hydrogen-bond donors (Lipinski definition) is 2. The lowest BCUT2D eigenvalue weighted by Gasteiger charge is -2.01. The first kappa shape index (κ1) is 7.68. The van der Waals surface area contributed by atoms with Crippen LogP contribution in [0.2, 0.25) is 0 Å². The standard InChI is InChI=1S/C7H7FN2O/c8-6-2-1-5(4-11)7(3-6)10-9/h1-4,10H,9H2. The molecule has 3 N–H and O–H groups in total. The predicted molar refractivity (Wildman–Crippen MR) is 39.6 cm³/mol. The van der Waals surface area contributed by atoms with E-state index in [1.54, 1.807) is 0 Å². The fourth-order valence-corrected chi connectivity index (χ4v) is 0.756. The van der Waals surface area contributed by atoms with Crippen LogP contribution in [0.4, 0.5) is 10.1 Å². The molecule has 0 spiro atoms. The lowest BCUT2D eigenvalue weighted by molar-refractivity contribution is 0.112. The highest BCUT2D eigenvalue weighted by atomic mass is 19.1. The van der Waals surface area contributed by atoms with Gasteiger partial charge in [0.05, 0.1) is 5.69 Å². The largest absolute Gasteiger partial charge is 0.323 e.